The summed E-state index contributed by atoms with van der Waals surface area (Å²) in [7, 11) is 1.80. The summed E-state index contributed by atoms with van der Waals surface area (Å²) in [4.78, 5) is 2.53. The second-order valence-corrected chi connectivity index (χ2v) is 5.27. The molecule has 1 saturated heterocycles. The third-order valence-corrected chi connectivity index (χ3v) is 3.95. The Hall–Kier alpha value is -0.120. The fraction of sp³-hybridized carbons (Fsp3) is 1.00. The smallest absolute Gasteiger partial charge is 0.0502 e. The second-order valence-electron chi connectivity index (χ2n) is 5.27. The molecule has 3 nitrogen and oxygen atoms in total. The lowest BCUT2D eigenvalue weighted by Crippen LogP contribution is -2.52. The molecule has 0 aromatic carbocycles. The molecule has 96 valence electrons. The minimum absolute atomic E-state index is 0.00889. The van der Waals surface area contributed by atoms with E-state index in [1.165, 1.54) is 19.4 Å². The van der Waals surface area contributed by atoms with Crippen LogP contribution in [-0.2, 0) is 4.74 Å². The fourth-order valence-corrected chi connectivity index (χ4v) is 2.59. The van der Waals surface area contributed by atoms with Crippen molar-refractivity contribution in [1.82, 2.24) is 4.90 Å². The second kappa shape index (κ2) is 6.58. The van der Waals surface area contributed by atoms with Gasteiger partial charge in [0.05, 0.1) is 6.61 Å². The predicted octanol–water partition coefficient (Wildman–Crippen LogP) is 1.86. The van der Waals surface area contributed by atoms with Gasteiger partial charge >= 0.3 is 0 Å². The largest absolute Gasteiger partial charge is 0.384 e. The minimum atomic E-state index is 0.00889. The van der Waals surface area contributed by atoms with Crippen LogP contribution >= 0.6 is 0 Å². The number of methoxy groups -OCH3 is 1. The molecule has 0 aromatic heterocycles. The van der Waals surface area contributed by atoms with Gasteiger partial charge in [-0.3, -0.25) is 0 Å². The molecule has 1 aliphatic heterocycles. The third kappa shape index (κ3) is 4.04. The predicted molar refractivity (Wildman–Crippen MR) is 68.5 cm³/mol. The first-order chi connectivity index (χ1) is 7.63. The van der Waals surface area contributed by atoms with Crippen LogP contribution in [-0.4, -0.2) is 43.8 Å². The molecule has 1 fully saturated rings. The van der Waals surface area contributed by atoms with Crippen molar-refractivity contribution in [2.75, 3.05) is 33.4 Å². The maximum Gasteiger partial charge on any atom is 0.0502 e. The Kier molecular flexibility index (Phi) is 5.73. The Labute approximate surface area is 100 Å². The molecular formula is C13H28N2O. The van der Waals surface area contributed by atoms with E-state index in [2.05, 4.69) is 18.7 Å². The van der Waals surface area contributed by atoms with Crippen molar-refractivity contribution in [3.63, 3.8) is 0 Å². The van der Waals surface area contributed by atoms with Gasteiger partial charge in [0.1, 0.15) is 0 Å². The van der Waals surface area contributed by atoms with Crippen molar-refractivity contribution in [2.45, 2.75) is 45.1 Å². The van der Waals surface area contributed by atoms with Gasteiger partial charge in [-0.05, 0) is 38.1 Å². The summed E-state index contributed by atoms with van der Waals surface area (Å²) in [6.45, 7) is 8.69. The van der Waals surface area contributed by atoms with Crippen LogP contribution in [0.15, 0.2) is 0 Å². The number of piperidine rings is 1. The number of ether oxygens (including phenoxy) is 1. The maximum absolute atomic E-state index is 6.37. The zero-order valence-corrected chi connectivity index (χ0v) is 11.2. The Morgan fingerprint density at radius 3 is 2.62 bits per heavy atom. The maximum atomic E-state index is 6.37. The summed E-state index contributed by atoms with van der Waals surface area (Å²) < 4.78 is 5.25. The lowest BCUT2D eigenvalue weighted by atomic mass is 9.91. The van der Waals surface area contributed by atoms with Crippen LogP contribution in [0.25, 0.3) is 0 Å². The molecule has 0 radical (unpaired) electrons. The standard InChI is InChI=1S/C13H28N2O/c1-4-13(14,5-2)11-15-8-6-7-12(9-15)10-16-3/h12H,4-11,14H2,1-3H3. The first-order valence-electron chi connectivity index (χ1n) is 6.63. The lowest BCUT2D eigenvalue weighted by molar-refractivity contribution is 0.0772. The normalized spacial score (nSPS) is 23.6. The number of hydrogen-bond donors (Lipinski definition) is 1. The van der Waals surface area contributed by atoms with E-state index < -0.39 is 0 Å². The van der Waals surface area contributed by atoms with Crippen molar-refractivity contribution in [3.8, 4) is 0 Å². The van der Waals surface area contributed by atoms with Gasteiger partial charge in [0.2, 0.25) is 0 Å². The molecule has 1 unspecified atom stereocenters. The minimum Gasteiger partial charge on any atom is -0.384 e. The fourth-order valence-electron chi connectivity index (χ4n) is 2.59. The van der Waals surface area contributed by atoms with Crippen LogP contribution in [0, 0.1) is 5.92 Å². The molecule has 3 heteroatoms. The van der Waals surface area contributed by atoms with E-state index in [1.54, 1.807) is 7.11 Å². The highest BCUT2D eigenvalue weighted by molar-refractivity contribution is 4.87. The van der Waals surface area contributed by atoms with Crippen LogP contribution < -0.4 is 5.73 Å². The van der Waals surface area contributed by atoms with Crippen LogP contribution in [0.3, 0.4) is 0 Å². The van der Waals surface area contributed by atoms with Gasteiger partial charge in [-0.1, -0.05) is 13.8 Å². The summed E-state index contributed by atoms with van der Waals surface area (Å²) >= 11 is 0. The SMILES string of the molecule is CCC(N)(CC)CN1CCCC(COC)C1. The molecule has 16 heavy (non-hydrogen) atoms. The zero-order chi connectivity index (χ0) is 12.0. The third-order valence-electron chi connectivity index (χ3n) is 3.95. The van der Waals surface area contributed by atoms with Crippen LogP contribution in [0.2, 0.25) is 0 Å². The monoisotopic (exact) mass is 228 g/mol. The van der Waals surface area contributed by atoms with E-state index >= 15 is 0 Å². The van der Waals surface area contributed by atoms with Crippen LogP contribution in [0.1, 0.15) is 39.5 Å². The van der Waals surface area contributed by atoms with E-state index in [4.69, 9.17) is 10.5 Å². The van der Waals surface area contributed by atoms with Crippen molar-refractivity contribution >= 4 is 0 Å². The van der Waals surface area contributed by atoms with Gasteiger partial charge in [-0.2, -0.15) is 0 Å². The highest BCUT2D eigenvalue weighted by Crippen LogP contribution is 2.20. The average molecular weight is 228 g/mol. The van der Waals surface area contributed by atoms with Gasteiger partial charge in [-0.15, -0.1) is 0 Å². The summed E-state index contributed by atoms with van der Waals surface area (Å²) in [6, 6.07) is 0. The Bertz CT molecular complexity index is 190. The number of likely N-dealkylation sites (tertiary alicyclic amines) is 1. The topological polar surface area (TPSA) is 38.5 Å². The van der Waals surface area contributed by atoms with Gasteiger partial charge in [0.15, 0.2) is 0 Å². The van der Waals surface area contributed by atoms with Crippen molar-refractivity contribution in [1.29, 1.82) is 0 Å². The zero-order valence-electron chi connectivity index (χ0n) is 11.2. The van der Waals surface area contributed by atoms with Crippen molar-refractivity contribution in [2.24, 2.45) is 11.7 Å². The molecule has 0 spiro atoms. The molecule has 0 aromatic rings. The summed E-state index contributed by atoms with van der Waals surface area (Å²) in [5, 5.41) is 0. The Balaban J connectivity index is 2.41. The average Bonchev–Trinajstić information content (AvgIpc) is 2.30. The van der Waals surface area contributed by atoms with Crippen molar-refractivity contribution in [3.05, 3.63) is 0 Å². The van der Waals surface area contributed by atoms with Gasteiger partial charge in [0, 0.05) is 25.7 Å². The molecular weight excluding hydrogens is 200 g/mol. The van der Waals surface area contributed by atoms with E-state index in [1.807, 2.05) is 0 Å². The molecule has 0 bridgehead atoms. The summed E-state index contributed by atoms with van der Waals surface area (Å²) in [5.74, 6) is 0.705. The lowest BCUT2D eigenvalue weighted by Gasteiger charge is -2.38. The number of nitrogens with zero attached hydrogens (tertiary/aromatic N) is 1. The van der Waals surface area contributed by atoms with Gasteiger partial charge in [0.25, 0.3) is 0 Å². The number of nitrogens with two attached hydrogens (primary N) is 1. The van der Waals surface area contributed by atoms with Gasteiger partial charge in [-0.25, -0.2) is 0 Å². The number of hydrogen-bond acceptors (Lipinski definition) is 3. The molecule has 0 aliphatic carbocycles. The number of rotatable bonds is 6. The quantitative estimate of drug-likeness (QED) is 0.754. The summed E-state index contributed by atoms with van der Waals surface area (Å²) in [6.07, 6.45) is 4.72. The summed E-state index contributed by atoms with van der Waals surface area (Å²) in [5.41, 5.74) is 6.38. The van der Waals surface area contributed by atoms with Crippen molar-refractivity contribution < 1.29 is 4.74 Å². The molecule has 1 aliphatic rings. The first-order valence-corrected chi connectivity index (χ1v) is 6.63. The van der Waals surface area contributed by atoms with E-state index in [9.17, 15) is 0 Å². The first kappa shape index (κ1) is 13.9. The van der Waals surface area contributed by atoms with E-state index in [0.29, 0.717) is 5.92 Å². The molecule has 1 rings (SSSR count). The van der Waals surface area contributed by atoms with E-state index in [-0.39, 0.29) is 5.54 Å². The Morgan fingerprint density at radius 2 is 2.06 bits per heavy atom. The highest BCUT2D eigenvalue weighted by Gasteiger charge is 2.27. The Morgan fingerprint density at radius 1 is 1.38 bits per heavy atom. The van der Waals surface area contributed by atoms with Crippen LogP contribution in [0.5, 0.6) is 0 Å². The molecule has 0 amide bonds. The van der Waals surface area contributed by atoms with E-state index in [0.717, 1.165) is 32.5 Å². The molecule has 2 N–H and O–H groups in total. The van der Waals surface area contributed by atoms with Crippen LogP contribution in [0.4, 0.5) is 0 Å². The highest BCUT2D eigenvalue weighted by atomic mass is 16.5. The molecule has 1 atom stereocenters. The van der Waals surface area contributed by atoms with Gasteiger partial charge < -0.3 is 15.4 Å². The molecule has 1 heterocycles. The molecule has 0 saturated carbocycles.